The molecule has 1 aliphatic rings. The largest absolute Gasteiger partial charge is 0.496 e. The Morgan fingerprint density at radius 3 is 2.96 bits per heavy atom. The normalized spacial score (nSPS) is 16.6. The fraction of sp³-hybridized carbons (Fsp3) is 0.333. The zero-order valence-electron chi connectivity index (χ0n) is 13.9. The second kappa shape index (κ2) is 8.02. The molecule has 6 nitrogen and oxygen atoms in total. The molecule has 1 aromatic heterocycles. The number of amides is 2. The third kappa shape index (κ3) is 4.30. The van der Waals surface area contributed by atoms with Crippen molar-refractivity contribution in [3.8, 4) is 5.75 Å². The highest BCUT2D eigenvalue weighted by atomic mass is 32.1. The van der Waals surface area contributed by atoms with Crippen molar-refractivity contribution in [3.63, 3.8) is 0 Å². The van der Waals surface area contributed by atoms with Crippen LogP contribution in [0.5, 0.6) is 5.75 Å². The summed E-state index contributed by atoms with van der Waals surface area (Å²) in [6, 6.07) is 11.4. The van der Waals surface area contributed by atoms with Gasteiger partial charge in [-0.25, -0.2) is 4.79 Å². The predicted octanol–water partition coefficient (Wildman–Crippen LogP) is 2.83. The minimum atomic E-state index is -0.365. The van der Waals surface area contributed by atoms with Crippen LogP contribution in [0.2, 0.25) is 0 Å². The van der Waals surface area contributed by atoms with E-state index in [1.807, 2.05) is 41.8 Å². The first-order chi connectivity index (χ1) is 12.2. The summed E-state index contributed by atoms with van der Waals surface area (Å²) in [6.45, 7) is 0.768. The second-order valence-electron chi connectivity index (χ2n) is 5.68. The van der Waals surface area contributed by atoms with Gasteiger partial charge in [-0.3, -0.25) is 9.69 Å². The van der Waals surface area contributed by atoms with Crippen molar-refractivity contribution in [1.29, 1.82) is 0 Å². The van der Waals surface area contributed by atoms with Gasteiger partial charge in [0, 0.05) is 6.42 Å². The maximum atomic E-state index is 12.1. The van der Waals surface area contributed by atoms with Gasteiger partial charge in [-0.1, -0.05) is 18.2 Å². The fourth-order valence-electron chi connectivity index (χ4n) is 2.71. The fourth-order valence-corrected chi connectivity index (χ4v) is 3.44. The Bertz CT molecular complexity index is 732. The van der Waals surface area contributed by atoms with Crippen LogP contribution in [0.15, 0.2) is 41.8 Å². The van der Waals surface area contributed by atoms with Crippen LogP contribution >= 0.6 is 11.3 Å². The number of cyclic esters (lactones) is 1. The smallest absolute Gasteiger partial charge is 0.415 e. The molecule has 25 heavy (non-hydrogen) atoms. The molecule has 2 amide bonds. The SMILES string of the molecule is COc1ccccc1CCC(=O)NCC1CN(c2cccs2)C(=O)O1. The number of methoxy groups -OCH3 is 1. The molecule has 0 bridgehead atoms. The van der Waals surface area contributed by atoms with Crippen LogP contribution in [0.1, 0.15) is 12.0 Å². The standard InChI is InChI=1S/C18H20N2O4S/c1-23-15-6-3-2-5-13(15)8-9-16(21)19-11-14-12-20(18(22)24-14)17-7-4-10-25-17/h2-7,10,14H,8-9,11-12H2,1H3,(H,19,21). The van der Waals surface area contributed by atoms with Crippen molar-refractivity contribution in [1.82, 2.24) is 5.32 Å². The summed E-state index contributed by atoms with van der Waals surface area (Å²) < 4.78 is 10.6. The lowest BCUT2D eigenvalue weighted by atomic mass is 10.1. The van der Waals surface area contributed by atoms with Crippen LogP contribution in [0.3, 0.4) is 0 Å². The zero-order valence-corrected chi connectivity index (χ0v) is 14.8. The van der Waals surface area contributed by atoms with Gasteiger partial charge in [-0.2, -0.15) is 0 Å². The quantitative estimate of drug-likeness (QED) is 0.824. The lowest BCUT2D eigenvalue weighted by Gasteiger charge is -2.11. The number of benzene rings is 1. The maximum Gasteiger partial charge on any atom is 0.415 e. The van der Waals surface area contributed by atoms with Crippen LogP contribution in [-0.4, -0.2) is 38.3 Å². The van der Waals surface area contributed by atoms with E-state index in [-0.39, 0.29) is 18.1 Å². The Balaban J connectivity index is 1.44. The Labute approximate surface area is 150 Å². The van der Waals surface area contributed by atoms with Crippen LogP contribution < -0.4 is 15.0 Å². The molecule has 132 valence electrons. The number of anilines is 1. The summed E-state index contributed by atoms with van der Waals surface area (Å²) in [5.41, 5.74) is 0.997. The third-order valence-electron chi connectivity index (χ3n) is 3.99. The molecule has 7 heteroatoms. The van der Waals surface area contributed by atoms with Gasteiger partial charge in [0.2, 0.25) is 5.91 Å². The van der Waals surface area contributed by atoms with Crippen molar-refractivity contribution in [3.05, 3.63) is 47.3 Å². The Morgan fingerprint density at radius 1 is 1.36 bits per heavy atom. The van der Waals surface area contributed by atoms with E-state index < -0.39 is 0 Å². The molecule has 1 aliphatic heterocycles. The average Bonchev–Trinajstić information content (AvgIpc) is 3.27. The van der Waals surface area contributed by atoms with E-state index in [1.165, 1.54) is 11.3 Å². The summed E-state index contributed by atoms with van der Waals surface area (Å²) in [4.78, 5) is 25.5. The molecule has 0 spiro atoms. The molecule has 1 unspecified atom stereocenters. The first-order valence-electron chi connectivity index (χ1n) is 8.07. The number of rotatable bonds is 7. The minimum Gasteiger partial charge on any atom is -0.496 e. The second-order valence-corrected chi connectivity index (χ2v) is 6.61. The average molecular weight is 360 g/mol. The highest BCUT2D eigenvalue weighted by Gasteiger charge is 2.32. The molecular formula is C18H20N2O4S. The molecule has 1 N–H and O–H groups in total. The minimum absolute atomic E-state index is 0.0727. The Morgan fingerprint density at radius 2 is 2.20 bits per heavy atom. The Hall–Kier alpha value is -2.54. The molecule has 1 saturated heterocycles. The van der Waals surface area contributed by atoms with Gasteiger partial charge in [0.1, 0.15) is 16.9 Å². The lowest BCUT2D eigenvalue weighted by molar-refractivity contribution is -0.121. The zero-order chi connectivity index (χ0) is 17.6. The summed E-state index contributed by atoms with van der Waals surface area (Å²) >= 11 is 1.49. The predicted molar refractivity (Wildman–Crippen MR) is 96.3 cm³/mol. The number of thiophene rings is 1. The van der Waals surface area contributed by atoms with Crippen molar-refractivity contribution in [2.75, 3.05) is 25.1 Å². The highest BCUT2D eigenvalue weighted by molar-refractivity contribution is 7.14. The first-order valence-corrected chi connectivity index (χ1v) is 8.95. The van der Waals surface area contributed by atoms with E-state index in [2.05, 4.69) is 5.32 Å². The van der Waals surface area contributed by atoms with Crippen molar-refractivity contribution in [2.24, 2.45) is 0 Å². The maximum absolute atomic E-state index is 12.1. The molecule has 2 aromatic rings. The number of hydrogen-bond donors (Lipinski definition) is 1. The monoisotopic (exact) mass is 360 g/mol. The van der Waals surface area contributed by atoms with Crippen molar-refractivity contribution < 1.29 is 19.1 Å². The highest BCUT2D eigenvalue weighted by Crippen LogP contribution is 2.26. The molecule has 1 aromatic carbocycles. The van der Waals surface area contributed by atoms with E-state index in [4.69, 9.17) is 9.47 Å². The summed E-state index contributed by atoms with van der Waals surface area (Å²) in [5, 5.41) is 5.61. The van der Waals surface area contributed by atoms with Gasteiger partial charge in [0.15, 0.2) is 0 Å². The van der Waals surface area contributed by atoms with Gasteiger partial charge in [0.05, 0.1) is 20.2 Å². The van der Waals surface area contributed by atoms with Gasteiger partial charge >= 0.3 is 6.09 Å². The first kappa shape index (κ1) is 17.3. The number of carbonyl (C=O) groups excluding carboxylic acids is 2. The van der Waals surface area contributed by atoms with Gasteiger partial charge in [-0.15, -0.1) is 11.3 Å². The molecule has 2 heterocycles. The molecule has 0 saturated carbocycles. The van der Waals surface area contributed by atoms with Crippen LogP contribution in [0, 0.1) is 0 Å². The van der Waals surface area contributed by atoms with Gasteiger partial charge in [0.25, 0.3) is 0 Å². The molecule has 3 rings (SSSR count). The number of aryl methyl sites for hydroxylation is 1. The molecular weight excluding hydrogens is 340 g/mol. The van der Waals surface area contributed by atoms with E-state index in [9.17, 15) is 9.59 Å². The van der Waals surface area contributed by atoms with E-state index in [0.29, 0.717) is 25.9 Å². The number of hydrogen-bond acceptors (Lipinski definition) is 5. The van der Waals surface area contributed by atoms with E-state index >= 15 is 0 Å². The van der Waals surface area contributed by atoms with Crippen LogP contribution in [0.4, 0.5) is 9.80 Å². The third-order valence-corrected chi connectivity index (χ3v) is 4.88. The van der Waals surface area contributed by atoms with E-state index in [1.54, 1.807) is 12.0 Å². The number of nitrogens with one attached hydrogen (secondary N) is 1. The van der Waals surface area contributed by atoms with Crippen LogP contribution in [0.25, 0.3) is 0 Å². The van der Waals surface area contributed by atoms with Crippen LogP contribution in [-0.2, 0) is 16.0 Å². The number of carbonyl (C=O) groups is 2. The summed E-state index contributed by atoms with van der Waals surface area (Å²) in [7, 11) is 1.62. The summed E-state index contributed by atoms with van der Waals surface area (Å²) in [5.74, 6) is 0.711. The van der Waals surface area contributed by atoms with Crippen molar-refractivity contribution in [2.45, 2.75) is 18.9 Å². The number of nitrogens with zero attached hydrogens (tertiary/aromatic N) is 1. The molecule has 0 aliphatic carbocycles. The van der Waals surface area contributed by atoms with E-state index in [0.717, 1.165) is 16.3 Å². The molecule has 1 atom stereocenters. The Kier molecular flexibility index (Phi) is 5.55. The number of para-hydroxylation sites is 1. The molecule has 1 fully saturated rings. The summed E-state index contributed by atoms with van der Waals surface area (Å²) in [6.07, 6.45) is 0.262. The lowest BCUT2D eigenvalue weighted by Crippen LogP contribution is -2.34. The van der Waals surface area contributed by atoms with Gasteiger partial charge < -0.3 is 14.8 Å². The van der Waals surface area contributed by atoms with Crippen molar-refractivity contribution >= 4 is 28.3 Å². The number of ether oxygens (including phenoxy) is 2. The van der Waals surface area contributed by atoms with Gasteiger partial charge in [-0.05, 0) is 35.6 Å². The molecule has 0 radical (unpaired) electrons. The topological polar surface area (TPSA) is 67.9 Å².